The highest BCUT2D eigenvalue weighted by molar-refractivity contribution is 5.78. The molecule has 3 rings (SSSR count). The van der Waals surface area contributed by atoms with E-state index in [1.54, 1.807) is 0 Å². The Bertz CT molecular complexity index is 689. The number of halogens is 1. The summed E-state index contributed by atoms with van der Waals surface area (Å²) in [6, 6.07) is 14.9. The largest absolute Gasteiger partial charge is 0.340 e. The number of benzene rings is 2. The third-order valence-corrected chi connectivity index (χ3v) is 4.83. The van der Waals surface area contributed by atoms with E-state index in [-0.39, 0.29) is 11.7 Å². The topological polar surface area (TPSA) is 23.6 Å². The maximum absolute atomic E-state index is 12.9. The maximum atomic E-state index is 12.9. The van der Waals surface area contributed by atoms with Gasteiger partial charge >= 0.3 is 0 Å². The van der Waals surface area contributed by atoms with Crippen LogP contribution in [0.1, 0.15) is 16.7 Å². The Kier molecular flexibility index (Phi) is 5.82. The van der Waals surface area contributed by atoms with E-state index in [0.29, 0.717) is 6.42 Å². The van der Waals surface area contributed by atoms with Crippen molar-refractivity contribution in [2.45, 2.75) is 19.8 Å². The van der Waals surface area contributed by atoms with Crippen molar-refractivity contribution in [3.05, 3.63) is 71.0 Å². The molecule has 1 aliphatic heterocycles. The summed E-state index contributed by atoms with van der Waals surface area (Å²) in [5.74, 6) is 0.0199. The molecule has 2 aromatic rings. The molecule has 1 heterocycles. The minimum absolute atomic E-state index is 0.190. The Hall–Kier alpha value is -2.20. The van der Waals surface area contributed by atoms with Crippen LogP contribution in [-0.2, 0) is 17.6 Å². The fourth-order valence-electron chi connectivity index (χ4n) is 3.15. The van der Waals surface area contributed by atoms with Crippen LogP contribution < -0.4 is 0 Å². The smallest absolute Gasteiger partial charge is 0.227 e. The molecule has 1 aliphatic rings. The van der Waals surface area contributed by atoms with E-state index >= 15 is 0 Å². The molecule has 0 atom stereocenters. The lowest BCUT2D eigenvalue weighted by Crippen LogP contribution is -2.49. The highest BCUT2D eigenvalue weighted by Crippen LogP contribution is 2.10. The van der Waals surface area contributed by atoms with Gasteiger partial charge in [-0.25, -0.2) is 4.39 Å². The van der Waals surface area contributed by atoms with Crippen molar-refractivity contribution in [3.8, 4) is 0 Å². The molecule has 0 saturated carbocycles. The van der Waals surface area contributed by atoms with Gasteiger partial charge in [0, 0.05) is 32.7 Å². The zero-order valence-corrected chi connectivity index (χ0v) is 14.7. The van der Waals surface area contributed by atoms with Crippen molar-refractivity contribution < 1.29 is 9.18 Å². The number of rotatable bonds is 5. The van der Waals surface area contributed by atoms with Crippen LogP contribution in [0.25, 0.3) is 0 Å². The average Bonchev–Trinajstić information content (AvgIpc) is 2.63. The van der Waals surface area contributed by atoms with Gasteiger partial charge in [-0.15, -0.1) is 0 Å². The number of hydrogen-bond donors (Lipinski definition) is 0. The molecule has 0 aliphatic carbocycles. The quantitative estimate of drug-likeness (QED) is 0.835. The number of carbonyl (C=O) groups is 1. The van der Waals surface area contributed by atoms with Crippen LogP contribution in [0.2, 0.25) is 0 Å². The normalized spacial score (nSPS) is 15.4. The van der Waals surface area contributed by atoms with Gasteiger partial charge in [-0.2, -0.15) is 0 Å². The molecule has 132 valence electrons. The zero-order valence-electron chi connectivity index (χ0n) is 14.7. The molecule has 4 heteroatoms. The molecule has 1 amide bonds. The first-order chi connectivity index (χ1) is 12.1. The van der Waals surface area contributed by atoms with Gasteiger partial charge in [-0.1, -0.05) is 42.0 Å². The first kappa shape index (κ1) is 17.6. The Morgan fingerprint density at radius 3 is 2.16 bits per heavy atom. The predicted octanol–water partition coefficient (Wildman–Crippen LogP) is 3.06. The monoisotopic (exact) mass is 340 g/mol. The third-order valence-electron chi connectivity index (χ3n) is 4.83. The van der Waals surface area contributed by atoms with Crippen LogP contribution in [0.15, 0.2) is 48.5 Å². The lowest BCUT2D eigenvalue weighted by Gasteiger charge is -2.34. The van der Waals surface area contributed by atoms with Crippen molar-refractivity contribution in [1.82, 2.24) is 9.80 Å². The fourth-order valence-corrected chi connectivity index (χ4v) is 3.15. The second kappa shape index (κ2) is 8.26. The van der Waals surface area contributed by atoms with Gasteiger partial charge in [0.15, 0.2) is 0 Å². The number of carbonyl (C=O) groups excluding carboxylic acids is 1. The Labute approximate surface area is 149 Å². The van der Waals surface area contributed by atoms with Gasteiger partial charge < -0.3 is 4.90 Å². The van der Waals surface area contributed by atoms with E-state index in [1.165, 1.54) is 17.7 Å². The highest BCUT2D eigenvalue weighted by atomic mass is 19.1. The number of amides is 1. The van der Waals surface area contributed by atoms with Crippen molar-refractivity contribution in [3.63, 3.8) is 0 Å². The second-order valence-electron chi connectivity index (χ2n) is 6.76. The number of aryl methyl sites for hydroxylation is 1. The van der Waals surface area contributed by atoms with E-state index in [0.717, 1.165) is 50.3 Å². The average molecular weight is 340 g/mol. The SMILES string of the molecule is Cc1ccc(CC(=O)N2CCN(CCc3ccc(F)cc3)CC2)cc1. The van der Waals surface area contributed by atoms with E-state index in [1.807, 2.05) is 29.2 Å². The number of hydrogen-bond acceptors (Lipinski definition) is 2. The number of nitrogens with zero attached hydrogens (tertiary/aromatic N) is 2. The van der Waals surface area contributed by atoms with E-state index in [9.17, 15) is 9.18 Å². The summed E-state index contributed by atoms with van der Waals surface area (Å²) in [6.45, 7) is 6.38. The molecule has 25 heavy (non-hydrogen) atoms. The lowest BCUT2D eigenvalue weighted by molar-refractivity contribution is -0.132. The third kappa shape index (κ3) is 5.13. The standard InChI is InChI=1S/C21H25FN2O/c1-17-2-4-19(5-3-17)16-21(25)24-14-12-23(13-15-24)11-10-18-6-8-20(22)9-7-18/h2-9H,10-16H2,1H3. The summed E-state index contributed by atoms with van der Waals surface area (Å²) >= 11 is 0. The molecule has 2 aromatic carbocycles. The fraction of sp³-hybridized carbons (Fsp3) is 0.381. The molecule has 1 saturated heterocycles. The van der Waals surface area contributed by atoms with Gasteiger partial charge in [0.2, 0.25) is 5.91 Å². The highest BCUT2D eigenvalue weighted by Gasteiger charge is 2.20. The minimum atomic E-state index is -0.190. The van der Waals surface area contributed by atoms with E-state index < -0.39 is 0 Å². The summed E-state index contributed by atoms with van der Waals surface area (Å²) in [7, 11) is 0. The van der Waals surface area contributed by atoms with Gasteiger partial charge in [0.05, 0.1) is 6.42 Å². The van der Waals surface area contributed by atoms with Crippen LogP contribution in [0, 0.1) is 12.7 Å². The molecule has 0 radical (unpaired) electrons. The summed E-state index contributed by atoms with van der Waals surface area (Å²) in [6.07, 6.45) is 1.40. The summed E-state index contributed by atoms with van der Waals surface area (Å²) in [5.41, 5.74) is 3.44. The molecule has 0 bridgehead atoms. The van der Waals surface area contributed by atoms with Crippen LogP contribution >= 0.6 is 0 Å². The number of piperazine rings is 1. The van der Waals surface area contributed by atoms with E-state index in [4.69, 9.17) is 0 Å². The van der Waals surface area contributed by atoms with Crippen LogP contribution in [0.4, 0.5) is 4.39 Å². The van der Waals surface area contributed by atoms with Crippen LogP contribution in [0.5, 0.6) is 0 Å². The Balaban J connectivity index is 1.42. The minimum Gasteiger partial charge on any atom is -0.340 e. The Morgan fingerprint density at radius 2 is 1.52 bits per heavy atom. The van der Waals surface area contributed by atoms with Crippen molar-refractivity contribution >= 4 is 5.91 Å². The second-order valence-corrected chi connectivity index (χ2v) is 6.76. The molecule has 1 fully saturated rings. The summed E-state index contributed by atoms with van der Waals surface area (Å²) in [5, 5.41) is 0. The van der Waals surface area contributed by atoms with Crippen LogP contribution in [0.3, 0.4) is 0 Å². The van der Waals surface area contributed by atoms with Gasteiger partial charge in [-0.3, -0.25) is 9.69 Å². The van der Waals surface area contributed by atoms with Crippen molar-refractivity contribution in [2.24, 2.45) is 0 Å². The molecular formula is C21H25FN2O. The van der Waals surface area contributed by atoms with E-state index in [2.05, 4.69) is 24.0 Å². The van der Waals surface area contributed by atoms with Crippen LogP contribution in [-0.4, -0.2) is 48.4 Å². The predicted molar refractivity (Wildman–Crippen MR) is 98.0 cm³/mol. The first-order valence-corrected chi connectivity index (χ1v) is 8.90. The first-order valence-electron chi connectivity index (χ1n) is 8.90. The Morgan fingerprint density at radius 1 is 0.920 bits per heavy atom. The zero-order chi connectivity index (χ0) is 17.6. The molecule has 0 N–H and O–H groups in total. The van der Waals surface area contributed by atoms with Gasteiger partial charge in [0.25, 0.3) is 0 Å². The maximum Gasteiger partial charge on any atom is 0.227 e. The molecule has 0 unspecified atom stereocenters. The molecular weight excluding hydrogens is 315 g/mol. The van der Waals surface area contributed by atoms with Crippen molar-refractivity contribution in [1.29, 1.82) is 0 Å². The van der Waals surface area contributed by atoms with Crippen molar-refractivity contribution in [2.75, 3.05) is 32.7 Å². The van der Waals surface area contributed by atoms with Gasteiger partial charge in [-0.05, 0) is 36.6 Å². The lowest BCUT2D eigenvalue weighted by atomic mass is 10.1. The molecule has 0 spiro atoms. The van der Waals surface area contributed by atoms with Gasteiger partial charge in [0.1, 0.15) is 5.82 Å². The summed E-state index contributed by atoms with van der Waals surface area (Å²) in [4.78, 5) is 16.8. The molecule has 0 aromatic heterocycles. The molecule has 3 nitrogen and oxygen atoms in total. The summed E-state index contributed by atoms with van der Waals surface area (Å²) < 4.78 is 12.9.